The van der Waals surface area contributed by atoms with Gasteiger partial charge in [-0.25, -0.2) is 0 Å². The first-order valence-electron chi connectivity index (χ1n) is 4.18. The Hall–Kier alpha value is -1.39. The van der Waals surface area contributed by atoms with Crippen molar-refractivity contribution in [3.63, 3.8) is 0 Å². The molecule has 0 N–H and O–H groups in total. The maximum atomic E-state index is 11.2. The SMILES string of the molecule is COC(=O)C(CC(=O)N(C)C)C(C)=O. The zero-order chi connectivity index (χ0) is 11.3. The molecule has 0 heterocycles. The summed E-state index contributed by atoms with van der Waals surface area (Å²) in [5, 5.41) is 0. The van der Waals surface area contributed by atoms with Crippen molar-refractivity contribution >= 4 is 17.7 Å². The van der Waals surface area contributed by atoms with Crippen molar-refractivity contribution in [2.24, 2.45) is 5.92 Å². The molecule has 0 radical (unpaired) electrons. The number of ketones is 1. The van der Waals surface area contributed by atoms with Gasteiger partial charge >= 0.3 is 5.97 Å². The van der Waals surface area contributed by atoms with Crippen LogP contribution in [0.4, 0.5) is 0 Å². The summed E-state index contributed by atoms with van der Waals surface area (Å²) in [5.74, 6) is -2.26. The van der Waals surface area contributed by atoms with Gasteiger partial charge in [0.2, 0.25) is 5.91 Å². The Morgan fingerprint density at radius 2 is 1.79 bits per heavy atom. The molecule has 0 rings (SSSR count). The summed E-state index contributed by atoms with van der Waals surface area (Å²) in [6.45, 7) is 1.27. The second-order valence-corrected chi connectivity index (χ2v) is 3.18. The Kier molecular flexibility index (Phi) is 4.83. The summed E-state index contributed by atoms with van der Waals surface area (Å²) in [4.78, 5) is 34.7. The van der Waals surface area contributed by atoms with Crippen molar-refractivity contribution in [2.45, 2.75) is 13.3 Å². The first-order valence-corrected chi connectivity index (χ1v) is 4.18. The van der Waals surface area contributed by atoms with Crippen LogP contribution in [0, 0.1) is 5.92 Å². The monoisotopic (exact) mass is 201 g/mol. The van der Waals surface area contributed by atoms with Crippen LogP contribution in [-0.2, 0) is 19.1 Å². The molecule has 0 bridgehead atoms. The van der Waals surface area contributed by atoms with Crippen molar-refractivity contribution in [1.82, 2.24) is 4.90 Å². The molecule has 5 nitrogen and oxygen atoms in total. The minimum absolute atomic E-state index is 0.130. The van der Waals surface area contributed by atoms with E-state index in [0.717, 1.165) is 0 Å². The highest BCUT2D eigenvalue weighted by molar-refractivity contribution is 6.01. The fourth-order valence-corrected chi connectivity index (χ4v) is 0.892. The molecule has 0 aromatic rings. The maximum Gasteiger partial charge on any atom is 0.316 e. The van der Waals surface area contributed by atoms with Gasteiger partial charge in [0.05, 0.1) is 7.11 Å². The number of Topliss-reactive ketones (excluding diaryl/α,β-unsaturated/α-hetero) is 1. The normalized spacial score (nSPS) is 11.7. The Morgan fingerprint density at radius 3 is 2.07 bits per heavy atom. The third kappa shape index (κ3) is 3.55. The van der Waals surface area contributed by atoms with E-state index in [0.29, 0.717) is 0 Å². The molecule has 0 fully saturated rings. The van der Waals surface area contributed by atoms with Gasteiger partial charge in [-0.3, -0.25) is 14.4 Å². The molecule has 0 saturated carbocycles. The fraction of sp³-hybridized carbons (Fsp3) is 0.667. The molecule has 0 spiro atoms. The largest absolute Gasteiger partial charge is 0.468 e. The van der Waals surface area contributed by atoms with Crippen LogP contribution in [-0.4, -0.2) is 43.8 Å². The molecule has 5 heteroatoms. The third-order valence-corrected chi connectivity index (χ3v) is 1.85. The molecule has 1 amide bonds. The van der Waals surface area contributed by atoms with Gasteiger partial charge in [0.25, 0.3) is 0 Å². The Balaban J connectivity index is 4.46. The number of rotatable bonds is 4. The van der Waals surface area contributed by atoms with Crippen LogP contribution < -0.4 is 0 Å². The van der Waals surface area contributed by atoms with Crippen LogP contribution in [0.15, 0.2) is 0 Å². The standard InChI is InChI=1S/C9H15NO4/c1-6(11)7(9(13)14-4)5-8(12)10(2)3/h7H,5H2,1-4H3. The second-order valence-electron chi connectivity index (χ2n) is 3.18. The second kappa shape index (κ2) is 5.36. The van der Waals surface area contributed by atoms with Crippen LogP contribution in [0.5, 0.6) is 0 Å². The molecule has 0 aliphatic rings. The zero-order valence-corrected chi connectivity index (χ0v) is 8.86. The summed E-state index contributed by atoms with van der Waals surface area (Å²) < 4.78 is 4.42. The predicted molar refractivity (Wildman–Crippen MR) is 49.5 cm³/mol. The number of carbonyl (C=O) groups is 3. The van der Waals surface area contributed by atoms with Gasteiger partial charge in [-0.05, 0) is 6.92 Å². The molecule has 0 aliphatic heterocycles. The van der Waals surface area contributed by atoms with E-state index in [-0.39, 0.29) is 18.1 Å². The molecular formula is C9H15NO4. The summed E-state index contributed by atoms with van der Waals surface area (Å²) in [7, 11) is 4.33. The van der Waals surface area contributed by atoms with E-state index in [9.17, 15) is 14.4 Å². The average Bonchev–Trinajstić information content (AvgIpc) is 2.11. The van der Waals surface area contributed by atoms with E-state index in [1.165, 1.54) is 18.9 Å². The van der Waals surface area contributed by atoms with E-state index in [1.807, 2.05) is 0 Å². The van der Waals surface area contributed by atoms with Crippen molar-refractivity contribution in [3.8, 4) is 0 Å². The quantitative estimate of drug-likeness (QED) is 0.468. The lowest BCUT2D eigenvalue weighted by Gasteiger charge is -2.14. The number of esters is 1. The first kappa shape index (κ1) is 12.6. The predicted octanol–water partition coefficient (Wildman–Crippen LogP) is -0.157. The number of hydrogen-bond donors (Lipinski definition) is 0. The summed E-state index contributed by atoms with van der Waals surface area (Å²) >= 11 is 0. The summed E-state index contributed by atoms with van der Waals surface area (Å²) in [5.41, 5.74) is 0. The van der Waals surface area contributed by atoms with E-state index >= 15 is 0 Å². The molecule has 80 valence electrons. The lowest BCUT2D eigenvalue weighted by atomic mass is 10.0. The number of ether oxygens (including phenoxy) is 1. The maximum absolute atomic E-state index is 11.2. The van der Waals surface area contributed by atoms with Crippen molar-refractivity contribution < 1.29 is 19.1 Å². The van der Waals surface area contributed by atoms with E-state index in [2.05, 4.69) is 4.74 Å². The van der Waals surface area contributed by atoms with Gasteiger partial charge in [-0.15, -0.1) is 0 Å². The lowest BCUT2D eigenvalue weighted by molar-refractivity contribution is -0.152. The molecule has 0 saturated heterocycles. The number of methoxy groups -OCH3 is 1. The summed E-state index contributed by atoms with van der Waals surface area (Å²) in [6, 6.07) is 0. The average molecular weight is 201 g/mol. The number of hydrogen-bond acceptors (Lipinski definition) is 4. The Bertz CT molecular complexity index is 247. The smallest absolute Gasteiger partial charge is 0.316 e. The lowest BCUT2D eigenvalue weighted by Crippen LogP contribution is -2.31. The van der Waals surface area contributed by atoms with Crippen LogP contribution >= 0.6 is 0 Å². The summed E-state index contributed by atoms with van der Waals surface area (Å²) in [6.07, 6.45) is -0.130. The van der Waals surface area contributed by atoms with Gasteiger partial charge in [-0.2, -0.15) is 0 Å². The van der Waals surface area contributed by atoms with Gasteiger partial charge in [0.15, 0.2) is 0 Å². The van der Waals surface area contributed by atoms with Gasteiger partial charge in [-0.1, -0.05) is 0 Å². The van der Waals surface area contributed by atoms with Crippen LogP contribution in [0.3, 0.4) is 0 Å². The van der Waals surface area contributed by atoms with Crippen LogP contribution in [0.2, 0.25) is 0 Å². The van der Waals surface area contributed by atoms with Gasteiger partial charge in [0.1, 0.15) is 11.7 Å². The van der Waals surface area contributed by atoms with Crippen molar-refractivity contribution in [3.05, 3.63) is 0 Å². The van der Waals surface area contributed by atoms with E-state index < -0.39 is 11.9 Å². The van der Waals surface area contributed by atoms with E-state index in [1.54, 1.807) is 14.1 Å². The van der Waals surface area contributed by atoms with Crippen molar-refractivity contribution in [1.29, 1.82) is 0 Å². The van der Waals surface area contributed by atoms with Crippen LogP contribution in [0.25, 0.3) is 0 Å². The minimum Gasteiger partial charge on any atom is -0.468 e. The zero-order valence-electron chi connectivity index (χ0n) is 8.86. The van der Waals surface area contributed by atoms with Crippen molar-refractivity contribution in [2.75, 3.05) is 21.2 Å². The number of carbonyl (C=O) groups excluding carboxylic acids is 3. The molecule has 0 aliphatic carbocycles. The van der Waals surface area contributed by atoms with Gasteiger partial charge in [0, 0.05) is 20.5 Å². The Labute approximate surface area is 83.0 Å². The molecule has 0 aromatic carbocycles. The molecule has 1 unspecified atom stereocenters. The molecule has 14 heavy (non-hydrogen) atoms. The molecule has 1 atom stereocenters. The highest BCUT2D eigenvalue weighted by atomic mass is 16.5. The van der Waals surface area contributed by atoms with Gasteiger partial charge < -0.3 is 9.64 Å². The Morgan fingerprint density at radius 1 is 1.29 bits per heavy atom. The first-order chi connectivity index (χ1) is 6.40. The number of amides is 1. The minimum atomic E-state index is -0.977. The topological polar surface area (TPSA) is 63.7 Å². The molecule has 0 aromatic heterocycles. The van der Waals surface area contributed by atoms with E-state index in [4.69, 9.17) is 0 Å². The highest BCUT2D eigenvalue weighted by Gasteiger charge is 2.27. The molecular weight excluding hydrogens is 186 g/mol. The van der Waals surface area contributed by atoms with Crippen LogP contribution in [0.1, 0.15) is 13.3 Å². The number of nitrogens with zero attached hydrogens (tertiary/aromatic N) is 1. The third-order valence-electron chi connectivity index (χ3n) is 1.85. The fourth-order valence-electron chi connectivity index (χ4n) is 0.892. The highest BCUT2D eigenvalue weighted by Crippen LogP contribution is 2.08.